The number of carbonyl (C=O) groups excluding carboxylic acids is 1. The topological polar surface area (TPSA) is 78.5 Å². The SMILES string of the molecule is O=C(Nc1ccc(S(=O)(=O)Nc2ccc(Br)cc2F)cc1)N1CCCCC1. The first-order valence-electron chi connectivity index (χ1n) is 8.49. The number of likely N-dealkylation sites (tertiary alicyclic amines) is 1. The molecule has 0 bridgehead atoms. The van der Waals surface area contributed by atoms with Crippen LogP contribution < -0.4 is 10.0 Å². The van der Waals surface area contributed by atoms with Gasteiger partial charge in [0.25, 0.3) is 10.0 Å². The van der Waals surface area contributed by atoms with Gasteiger partial charge in [0.05, 0.1) is 10.6 Å². The first kappa shape index (κ1) is 19.6. The third-order valence-electron chi connectivity index (χ3n) is 4.23. The van der Waals surface area contributed by atoms with E-state index in [-0.39, 0.29) is 16.6 Å². The lowest BCUT2D eigenvalue weighted by Crippen LogP contribution is -2.38. The van der Waals surface area contributed by atoms with Gasteiger partial charge in [-0.2, -0.15) is 0 Å². The number of anilines is 2. The highest BCUT2D eigenvalue weighted by molar-refractivity contribution is 9.10. The maximum atomic E-state index is 13.9. The van der Waals surface area contributed by atoms with Crippen LogP contribution >= 0.6 is 15.9 Å². The summed E-state index contributed by atoms with van der Waals surface area (Å²) in [6.07, 6.45) is 3.11. The average molecular weight is 456 g/mol. The van der Waals surface area contributed by atoms with Gasteiger partial charge in [-0.1, -0.05) is 15.9 Å². The molecule has 0 saturated carbocycles. The van der Waals surface area contributed by atoms with Crippen LogP contribution in [0, 0.1) is 5.82 Å². The summed E-state index contributed by atoms with van der Waals surface area (Å²) in [5.74, 6) is -0.682. The molecule has 6 nitrogen and oxygen atoms in total. The van der Waals surface area contributed by atoms with Crippen LogP contribution in [-0.2, 0) is 10.0 Å². The van der Waals surface area contributed by atoms with E-state index in [0.29, 0.717) is 10.2 Å². The van der Waals surface area contributed by atoms with E-state index in [4.69, 9.17) is 0 Å². The number of carbonyl (C=O) groups is 1. The van der Waals surface area contributed by atoms with Gasteiger partial charge in [-0.15, -0.1) is 0 Å². The molecule has 1 fully saturated rings. The van der Waals surface area contributed by atoms with E-state index in [1.165, 1.54) is 36.4 Å². The molecule has 1 aliphatic heterocycles. The average Bonchev–Trinajstić information content (AvgIpc) is 2.65. The van der Waals surface area contributed by atoms with Gasteiger partial charge in [-0.3, -0.25) is 4.72 Å². The van der Waals surface area contributed by atoms with Crippen molar-refractivity contribution in [2.75, 3.05) is 23.1 Å². The van der Waals surface area contributed by atoms with Gasteiger partial charge in [0.1, 0.15) is 5.82 Å². The molecule has 0 atom stereocenters. The summed E-state index contributed by atoms with van der Waals surface area (Å²) in [7, 11) is -3.94. The highest BCUT2D eigenvalue weighted by Crippen LogP contribution is 2.23. The predicted molar refractivity (Wildman–Crippen MR) is 106 cm³/mol. The fourth-order valence-corrected chi connectivity index (χ4v) is 4.19. The number of amides is 2. The summed E-state index contributed by atoms with van der Waals surface area (Å²) < 4.78 is 41.5. The molecular formula is C18H19BrFN3O3S. The minimum atomic E-state index is -3.94. The van der Waals surface area contributed by atoms with Crippen LogP contribution in [0.15, 0.2) is 51.8 Å². The normalized spacial score (nSPS) is 14.7. The molecule has 0 aliphatic carbocycles. The van der Waals surface area contributed by atoms with Crippen molar-refractivity contribution in [2.24, 2.45) is 0 Å². The van der Waals surface area contributed by atoms with Gasteiger partial charge < -0.3 is 10.2 Å². The summed E-state index contributed by atoms with van der Waals surface area (Å²) in [5, 5.41) is 2.76. The van der Waals surface area contributed by atoms with Gasteiger partial charge >= 0.3 is 6.03 Å². The molecule has 2 N–H and O–H groups in total. The maximum absolute atomic E-state index is 13.9. The summed E-state index contributed by atoms with van der Waals surface area (Å²) >= 11 is 3.12. The van der Waals surface area contributed by atoms with Crippen LogP contribution in [0.1, 0.15) is 19.3 Å². The monoisotopic (exact) mass is 455 g/mol. The van der Waals surface area contributed by atoms with Crippen molar-refractivity contribution in [3.8, 4) is 0 Å². The van der Waals surface area contributed by atoms with E-state index in [9.17, 15) is 17.6 Å². The van der Waals surface area contributed by atoms with Gasteiger partial charge in [-0.25, -0.2) is 17.6 Å². The Hall–Kier alpha value is -2.13. The fraction of sp³-hybridized carbons (Fsp3) is 0.278. The highest BCUT2D eigenvalue weighted by Gasteiger charge is 2.18. The summed E-state index contributed by atoms with van der Waals surface area (Å²) in [4.78, 5) is 13.9. The molecule has 3 rings (SSSR count). The fourth-order valence-electron chi connectivity index (χ4n) is 2.79. The van der Waals surface area contributed by atoms with E-state index >= 15 is 0 Å². The molecule has 0 spiro atoms. The Morgan fingerprint density at radius 2 is 1.70 bits per heavy atom. The molecule has 1 heterocycles. The molecule has 1 aliphatic rings. The number of hydrogen-bond acceptors (Lipinski definition) is 3. The molecule has 0 aromatic heterocycles. The number of urea groups is 1. The minimum absolute atomic E-state index is 0.0270. The number of nitrogens with zero attached hydrogens (tertiary/aromatic N) is 1. The number of benzene rings is 2. The van der Waals surface area contributed by atoms with Gasteiger partial charge in [0.2, 0.25) is 0 Å². The van der Waals surface area contributed by atoms with E-state index < -0.39 is 15.8 Å². The van der Waals surface area contributed by atoms with Gasteiger partial charge in [-0.05, 0) is 61.7 Å². The molecule has 2 amide bonds. The number of hydrogen-bond donors (Lipinski definition) is 2. The van der Waals surface area contributed by atoms with Crippen LogP contribution in [0.3, 0.4) is 0 Å². The van der Waals surface area contributed by atoms with Crippen molar-refractivity contribution < 1.29 is 17.6 Å². The van der Waals surface area contributed by atoms with E-state index in [1.54, 1.807) is 11.0 Å². The third kappa shape index (κ3) is 4.98. The molecular weight excluding hydrogens is 437 g/mol. The van der Waals surface area contributed by atoms with Crippen LogP contribution in [0.25, 0.3) is 0 Å². The molecule has 0 unspecified atom stereocenters. The molecule has 2 aromatic rings. The van der Waals surface area contributed by atoms with Crippen molar-refractivity contribution in [3.63, 3.8) is 0 Å². The molecule has 9 heteroatoms. The number of nitrogens with one attached hydrogen (secondary N) is 2. The molecule has 0 radical (unpaired) electrons. The van der Waals surface area contributed by atoms with E-state index in [1.807, 2.05) is 0 Å². The number of sulfonamides is 1. The lowest BCUT2D eigenvalue weighted by molar-refractivity contribution is 0.200. The summed E-state index contributed by atoms with van der Waals surface area (Å²) in [6, 6.07) is 9.61. The smallest absolute Gasteiger partial charge is 0.321 e. The third-order valence-corrected chi connectivity index (χ3v) is 6.11. The largest absolute Gasteiger partial charge is 0.325 e. The predicted octanol–water partition coefficient (Wildman–Crippen LogP) is 4.41. The zero-order valence-corrected chi connectivity index (χ0v) is 16.8. The van der Waals surface area contributed by atoms with Crippen molar-refractivity contribution in [2.45, 2.75) is 24.2 Å². The van der Waals surface area contributed by atoms with Gasteiger partial charge in [0, 0.05) is 23.2 Å². The zero-order valence-electron chi connectivity index (χ0n) is 14.4. The molecule has 1 saturated heterocycles. The van der Waals surface area contributed by atoms with Crippen LogP contribution in [0.2, 0.25) is 0 Å². The van der Waals surface area contributed by atoms with Crippen LogP contribution in [0.4, 0.5) is 20.6 Å². The second-order valence-electron chi connectivity index (χ2n) is 6.23. The first-order chi connectivity index (χ1) is 12.8. The lowest BCUT2D eigenvalue weighted by atomic mass is 10.1. The van der Waals surface area contributed by atoms with Gasteiger partial charge in [0.15, 0.2) is 0 Å². The van der Waals surface area contributed by atoms with E-state index in [2.05, 4.69) is 26.0 Å². The number of piperidine rings is 1. The quantitative estimate of drug-likeness (QED) is 0.716. The Balaban J connectivity index is 1.69. The Morgan fingerprint density at radius 1 is 1.04 bits per heavy atom. The Bertz CT molecular complexity index is 929. The highest BCUT2D eigenvalue weighted by atomic mass is 79.9. The Morgan fingerprint density at radius 3 is 2.33 bits per heavy atom. The Kier molecular flexibility index (Phi) is 6.01. The van der Waals surface area contributed by atoms with Crippen LogP contribution in [-0.4, -0.2) is 32.4 Å². The second kappa shape index (κ2) is 8.26. The summed E-state index contributed by atoms with van der Waals surface area (Å²) in [6.45, 7) is 1.45. The number of rotatable bonds is 4. The van der Waals surface area contributed by atoms with Crippen molar-refractivity contribution >= 4 is 43.4 Å². The number of halogens is 2. The maximum Gasteiger partial charge on any atom is 0.321 e. The first-order valence-corrected chi connectivity index (χ1v) is 10.8. The molecule has 144 valence electrons. The Labute approximate surface area is 165 Å². The molecule has 2 aromatic carbocycles. The minimum Gasteiger partial charge on any atom is -0.325 e. The molecule has 27 heavy (non-hydrogen) atoms. The van der Waals surface area contributed by atoms with Crippen molar-refractivity contribution in [1.29, 1.82) is 0 Å². The van der Waals surface area contributed by atoms with E-state index in [0.717, 1.165) is 32.4 Å². The van der Waals surface area contributed by atoms with Crippen LogP contribution in [0.5, 0.6) is 0 Å². The van der Waals surface area contributed by atoms with Crippen molar-refractivity contribution in [1.82, 2.24) is 4.90 Å². The summed E-state index contributed by atoms with van der Waals surface area (Å²) in [5.41, 5.74) is 0.361. The lowest BCUT2D eigenvalue weighted by Gasteiger charge is -2.26. The standard InChI is InChI=1S/C18H19BrFN3O3S/c19-13-4-9-17(16(20)12-13)22-27(25,26)15-7-5-14(6-8-15)21-18(24)23-10-2-1-3-11-23/h4-9,12,22H,1-3,10-11H2,(H,21,24). The van der Waals surface area contributed by atoms with Crippen molar-refractivity contribution in [3.05, 3.63) is 52.8 Å². The zero-order chi connectivity index (χ0) is 19.4. The second-order valence-corrected chi connectivity index (χ2v) is 8.83.